The van der Waals surface area contributed by atoms with E-state index in [4.69, 9.17) is 14.5 Å². The molecule has 3 aromatic rings. The maximum Gasteiger partial charge on any atom is 0.226 e. The van der Waals surface area contributed by atoms with E-state index in [1.807, 2.05) is 36.4 Å². The number of carbonyl (C=O) groups is 1. The molecule has 1 amide bonds. The molecule has 178 valence electrons. The van der Waals surface area contributed by atoms with E-state index in [0.29, 0.717) is 13.2 Å². The average Bonchev–Trinajstić information content (AvgIpc) is 3.62. The van der Waals surface area contributed by atoms with Gasteiger partial charge in [-0.2, -0.15) is 0 Å². The number of amides is 1. The van der Waals surface area contributed by atoms with E-state index in [9.17, 15) is 4.79 Å². The number of benzene rings is 2. The van der Waals surface area contributed by atoms with Gasteiger partial charge in [-0.15, -0.1) is 0 Å². The Labute approximate surface area is 201 Å². The maximum absolute atomic E-state index is 12.3. The number of hydrogen-bond donors (Lipinski definition) is 1. The zero-order valence-electron chi connectivity index (χ0n) is 20.2. The summed E-state index contributed by atoms with van der Waals surface area (Å²) in [6, 6.07) is 18.6. The number of ether oxygens (including phenoxy) is 2. The summed E-state index contributed by atoms with van der Waals surface area (Å²) >= 11 is 0. The van der Waals surface area contributed by atoms with E-state index in [1.165, 1.54) is 0 Å². The van der Waals surface area contributed by atoms with Gasteiger partial charge < -0.3 is 14.8 Å². The predicted octanol–water partition coefficient (Wildman–Crippen LogP) is 5.87. The SMILES string of the molecule is Cc1c(COC2CCC(NC(=O)C3(C)CC3)CC2)nc2ccccc2c1OCc1ccccc1. The van der Waals surface area contributed by atoms with E-state index < -0.39 is 0 Å². The van der Waals surface area contributed by atoms with Crippen LogP contribution in [0.5, 0.6) is 5.75 Å². The molecule has 0 unspecified atom stereocenters. The Morgan fingerprint density at radius 3 is 2.44 bits per heavy atom. The Morgan fingerprint density at radius 1 is 1.00 bits per heavy atom. The number of hydrogen-bond acceptors (Lipinski definition) is 4. The Kier molecular flexibility index (Phi) is 6.55. The lowest BCUT2D eigenvalue weighted by Gasteiger charge is -2.30. The summed E-state index contributed by atoms with van der Waals surface area (Å²) < 4.78 is 12.6. The Hall–Kier alpha value is -2.92. The summed E-state index contributed by atoms with van der Waals surface area (Å²) in [4.78, 5) is 17.2. The van der Waals surface area contributed by atoms with Gasteiger partial charge in [-0.1, -0.05) is 49.4 Å². The molecule has 5 rings (SSSR count). The highest BCUT2D eigenvalue weighted by Gasteiger charge is 2.45. The smallest absolute Gasteiger partial charge is 0.226 e. The van der Waals surface area contributed by atoms with E-state index in [-0.39, 0.29) is 23.5 Å². The summed E-state index contributed by atoms with van der Waals surface area (Å²) in [7, 11) is 0. The van der Waals surface area contributed by atoms with Crippen LogP contribution in [0.4, 0.5) is 0 Å². The van der Waals surface area contributed by atoms with Crippen molar-refractivity contribution in [3.63, 3.8) is 0 Å². The Morgan fingerprint density at radius 2 is 1.71 bits per heavy atom. The van der Waals surface area contributed by atoms with Crippen molar-refractivity contribution in [1.29, 1.82) is 0 Å². The first kappa shape index (κ1) is 22.9. The number of para-hydroxylation sites is 1. The van der Waals surface area contributed by atoms with Crippen molar-refractivity contribution in [1.82, 2.24) is 10.3 Å². The third-order valence-corrected chi connectivity index (χ3v) is 7.42. The van der Waals surface area contributed by atoms with Crippen molar-refractivity contribution in [2.75, 3.05) is 0 Å². The highest BCUT2D eigenvalue weighted by Crippen LogP contribution is 2.45. The third kappa shape index (κ3) is 5.10. The number of pyridine rings is 1. The molecule has 0 radical (unpaired) electrons. The number of nitrogens with one attached hydrogen (secondary N) is 1. The van der Waals surface area contributed by atoms with Gasteiger partial charge in [-0.25, -0.2) is 4.98 Å². The van der Waals surface area contributed by atoms with Crippen LogP contribution in [0.15, 0.2) is 54.6 Å². The maximum atomic E-state index is 12.3. The van der Waals surface area contributed by atoms with Crippen molar-refractivity contribution in [3.05, 3.63) is 71.4 Å². The van der Waals surface area contributed by atoms with Crippen LogP contribution in [-0.2, 0) is 22.7 Å². The highest BCUT2D eigenvalue weighted by atomic mass is 16.5. The van der Waals surface area contributed by atoms with Crippen LogP contribution in [0.1, 0.15) is 62.3 Å². The van der Waals surface area contributed by atoms with Crippen LogP contribution in [0, 0.1) is 12.3 Å². The minimum atomic E-state index is -0.104. The van der Waals surface area contributed by atoms with Gasteiger partial charge in [-0.05, 0) is 63.1 Å². The molecule has 1 aromatic heterocycles. The van der Waals surface area contributed by atoms with Gasteiger partial charge in [0.2, 0.25) is 5.91 Å². The lowest BCUT2D eigenvalue weighted by atomic mass is 9.92. The lowest BCUT2D eigenvalue weighted by molar-refractivity contribution is -0.127. The second-order valence-corrected chi connectivity index (χ2v) is 10.1. The van der Waals surface area contributed by atoms with Crippen LogP contribution >= 0.6 is 0 Å². The molecule has 1 N–H and O–H groups in total. The number of aromatic nitrogens is 1. The van der Waals surface area contributed by atoms with Gasteiger partial charge in [0.25, 0.3) is 0 Å². The Bertz CT molecular complexity index is 1150. The molecule has 0 atom stereocenters. The van der Waals surface area contributed by atoms with Gasteiger partial charge in [0.15, 0.2) is 0 Å². The van der Waals surface area contributed by atoms with Crippen LogP contribution in [0.2, 0.25) is 0 Å². The zero-order chi connectivity index (χ0) is 23.5. The second-order valence-electron chi connectivity index (χ2n) is 10.1. The quantitative estimate of drug-likeness (QED) is 0.459. The number of nitrogens with zero attached hydrogens (tertiary/aromatic N) is 1. The summed E-state index contributed by atoms with van der Waals surface area (Å²) in [5.41, 5.74) is 3.93. The van der Waals surface area contributed by atoms with E-state index in [1.54, 1.807) is 0 Å². The van der Waals surface area contributed by atoms with Gasteiger partial charge in [0.1, 0.15) is 12.4 Å². The molecule has 2 saturated carbocycles. The van der Waals surface area contributed by atoms with Crippen molar-refractivity contribution >= 4 is 16.8 Å². The monoisotopic (exact) mass is 458 g/mol. The van der Waals surface area contributed by atoms with Gasteiger partial charge in [-0.3, -0.25) is 4.79 Å². The number of rotatable bonds is 8. The molecule has 2 aliphatic rings. The van der Waals surface area contributed by atoms with Crippen molar-refractivity contribution in [3.8, 4) is 5.75 Å². The zero-order valence-corrected chi connectivity index (χ0v) is 20.2. The standard InChI is InChI=1S/C29H34N2O3/c1-20-26(19-33-23-14-12-22(13-15-23)30-28(32)29(2)16-17-29)31-25-11-7-6-10-24(25)27(20)34-18-21-8-4-3-5-9-21/h3-11,22-23H,12-19H2,1-2H3,(H,30,32). The normalized spacial score (nSPS) is 21.2. The number of carbonyl (C=O) groups excluding carboxylic acids is 1. The van der Waals surface area contributed by atoms with Gasteiger partial charge in [0.05, 0.1) is 23.9 Å². The van der Waals surface area contributed by atoms with Crippen molar-refractivity contribution in [2.45, 2.75) is 77.7 Å². The molecule has 2 aliphatic carbocycles. The molecule has 5 nitrogen and oxygen atoms in total. The molecule has 2 fully saturated rings. The van der Waals surface area contributed by atoms with E-state index >= 15 is 0 Å². The van der Waals surface area contributed by atoms with Crippen LogP contribution in [0.25, 0.3) is 10.9 Å². The molecular weight excluding hydrogens is 424 g/mol. The minimum Gasteiger partial charge on any atom is -0.488 e. The molecule has 0 saturated heterocycles. The van der Waals surface area contributed by atoms with Crippen LogP contribution < -0.4 is 10.1 Å². The fourth-order valence-electron chi connectivity index (χ4n) is 4.73. The summed E-state index contributed by atoms with van der Waals surface area (Å²) in [5, 5.41) is 4.28. The lowest BCUT2D eigenvalue weighted by Crippen LogP contribution is -2.42. The summed E-state index contributed by atoms with van der Waals surface area (Å²) in [6.07, 6.45) is 6.12. The first-order valence-corrected chi connectivity index (χ1v) is 12.5. The van der Waals surface area contributed by atoms with Crippen molar-refractivity contribution < 1.29 is 14.3 Å². The minimum absolute atomic E-state index is 0.104. The molecular formula is C29H34N2O3. The van der Waals surface area contributed by atoms with Crippen LogP contribution in [-0.4, -0.2) is 23.0 Å². The number of fused-ring (bicyclic) bond motifs is 1. The summed E-state index contributed by atoms with van der Waals surface area (Å²) in [6.45, 7) is 5.13. The predicted molar refractivity (Wildman–Crippen MR) is 134 cm³/mol. The molecule has 0 bridgehead atoms. The Balaban J connectivity index is 1.22. The topological polar surface area (TPSA) is 60.5 Å². The fourth-order valence-corrected chi connectivity index (χ4v) is 4.73. The molecule has 1 heterocycles. The molecule has 0 spiro atoms. The second kappa shape index (κ2) is 9.75. The average molecular weight is 459 g/mol. The molecule has 5 heteroatoms. The van der Waals surface area contributed by atoms with E-state index in [2.05, 4.69) is 37.4 Å². The highest BCUT2D eigenvalue weighted by molar-refractivity contribution is 5.86. The van der Waals surface area contributed by atoms with Crippen LogP contribution in [0.3, 0.4) is 0 Å². The summed E-state index contributed by atoms with van der Waals surface area (Å²) in [5.74, 6) is 1.11. The van der Waals surface area contributed by atoms with Gasteiger partial charge >= 0.3 is 0 Å². The largest absolute Gasteiger partial charge is 0.488 e. The van der Waals surface area contributed by atoms with Gasteiger partial charge in [0, 0.05) is 22.4 Å². The first-order chi connectivity index (χ1) is 16.5. The third-order valence-electron chi connectivity index (χ3n) is 7.42. The molecule has 2 aromatic carbocycles. The first-order valence-electron chi connectivity index (χ1n) is 12.5. The van der Waals surface area contributed by atoms with E-state index in [0.717, 1.165) is 72.0 Å². The molecule has 34 heavy (non-hydrogen) atoms. The fraction of sp³-hybridized carbons (Fsp3) is 0.448. The van der Waals surface area contributed by atoms with Crippen molar-refractivity contribution in [2.24, 2.45) is 5.41 Å². The molecule has 0 aliphatic heterocycles.